The fraction of sp³-hybridized carbons (Fsp3) is 0.158. The number of hydrogen-bond acceptors (Lipinski definition) is 6. The zero-order valence-corrected chi connectivity index (χ0v) is 15.2. The highest BCUT2D eigenvalue weighted by atomic mass is 16.6. The second-order valence-corrected chi connectivity index (χ2v) is 5.92. The number of aryl methyl sites for hydroxylation is 1. The summed E-state index contributed by atoms with van der Waals surface area (Å²) in [6, 6.07) is 11.9. The molecular formula is C19H18N4O5. The van der Waals surface area contributed by atoms with Crippen molar-refractivity contribution >= 4 is 28.7 Å². The van der Waals surface area contributed by atoms with E-state index in [2.05, 4.69) is 10.5 Å². The maximum atomic E-state index is 12.4. The molecule has 0 bridgehead atoms. The normalized spacial score (nSPS) is 11.1. The van der Waals surface area contributed by atoms with E-state index in [-0.39, 0.29) is 12.4 Å². The molecule has 1 heterocycles. The molecule has 144 valence electrons. The first-order valence-electron chi connectivity index (χ1n) is 8.44. The number of carbonyl (C=O) groups is 1. The van der Waals surface area contributed by atoms with Crippen LogP contribution in [0.25, 0.3) is 10.9 Å². The predicted octanol–water partition coefficient (Wildman–Crippen LogP) is 2.95. The Kier molecular flexibility index (Phi) is 5.25. The number of fused-ring (bicyclic) bond motifs is 1. The van der Waals surface area contributed by atoms with Crippen LogP contribution in [0.4, 0.5) is 5.69 Å². The number of hydrogen-bond donors (Lipinski definition) is 2. The molecule has 0 spiro atoms. The first kappa shape index (κ1) is 18.9. The Hall–Kier alpha value is -3.88. The maximum Gasteiger partial charge on any atom is 0.315 e. The van der Waals surface area contributed by atoms with Crippen molar-refractivity contribution in [1.29, 1.82) is 0 Å². The lowest BCUT2D eigenvalue weighted by Gasteiger charge is -2.07. The van der Waals surface area contributed by atoms with Gasteiger partial charge in [-0.2, -0.15) is 5.10 Å². The third-order valence-corrected chi connectivity index (χ3v) is 4.14. The standard InChI is InChI=1S/C19H18N4O5/c1-3-28-17-9-12(8-15(18(17)24)23(26)27)11-20-21-19(25)16-10-13-6-4-5-7-14(13)22(16)2/h4-11,24H,3H2,1-2H3,(H,21,25)/b20-11+. The van der Waals surface area contributed by atoms with E-state index < -0.39 is 22.3 Å². The van der Waals surface area contributed by atoms with Gasteiger partial charge in [0.1, 0.15) is 5.69 Å². The van der Waals surface area contributed by atoms with Gasteiger partial charge in [-0.05, 0) is 25.1 Å². The molecule has 3 rings (SSSR count). The number of benzene rings is 2. The number of para-hydroxylation sites is 1. The number of amides is 1. The number of nitro groups is 1. The Morgan fingerprint density at radius 3 is 2.79 bits per heavy atom. The number of ether oxygens (including phenoxy) is 1. The quantitative estimate of drug-likeness (QED) is 0.386. The lowest BCUT2D eigenvalue weighted by molar-refractivity contribution is -0.386. The number of hydrazone groups is 1. The van der Waals surface area contributed by atoms with Crippen LogP contribution < -0.4 is 10.2 Å². The molecule has 0 fully saturated rings. The molecule has 9 heteroatoms. The molecular weight excluding hydrogens is 364 g/mol. The molecule has 0 aliphatic rings. The van der Waals surface area contributed by atoms with Crippen molar-refractivity contribution in [2.75, 3.05) is 6.61 Å². The highest BCUT2D eigenvalue weighted by Gasteiger charge is 2.20. The summed E-state index contributed by atoms with van der Waals surface area (Å²) in [4.78, 5) is 22.8. The molecule has 0 atom stereocenters. The van der Waals surface area contributed by atoms with Gasteiger partial charge in [-0.1, -0.05) is 18.2 Å². The van der Waals surface area contributed by atoms with Gasteiger partial charge in [0.05, 0.1) is 17.7 Å². The monoisotopic (exact) mass is 382 g/mol. The van der Waals surface area contributed by atoms with Crippen LogP contribution in [0.1, 0.15) is 23.0 Å². The summed E-state index contributed by atoms with van der Waals surface area (Å²) >= 11 is 0. The number of aromatic hydroxyl groups is 1. The summed E-state index contributed by atoms with van der Waals surface area (Å²) in [5, 5.41) is 25.8. The van der Waals surface area contributed by atoms with Gasteiger partial charge in [-0.25, -0.2) is 5.43 Å². The van der Waals surface area contributed by atoms with Crippen LogP contribution in [0.2, 0.25) is 0 Å². The van der Waals surface area contributed by atoms with Crippen molar-refractivity contribution in [1.82, 2.24) is 9.99 Å². The van der Waals surface area contributed by atoms with Gasteiger partial charge in [0, 0.05) is 29.6 Å². The van der Waals surface area contributed by atoms with Gasteiger partial charge >= 0.3 is 5.69 Å². The highest BCUT2D eigenvalue weighted by molar-refractivity contribution is 5.99. The van der Waals surface area contributed by atoms with Gasteiger partial charge in [0.25, 0.3) is 5.91 Å². The molecule has 0 aliphatic heterocycles. The first-order chi connectivity index (χ1) is 13.4. The fourth-order valence-corrected chi connectivity index (χ4v) is 2.82. The minimum absolute atomic E-state index is 0.0295. The van der Waals surface area contributed by atoms with Gasteiger partial charge in [0.15, 0.2) is 5.75 Å². The van der Waals surface area contributed by atoms with Gasteiger partial charge in [0.2, 0.25) is 5.75 Å². The van der Waals surface area contributed by atoms with E-state index in [9.17, 15) is 20.0 Å². The van der Waals surface area contributed by atoms with Crippen LogP contribution in [-0.2, 0) is 7.05 Å². The van der Waals surface area contributed by atoms with Crippen molar-refractivity contribution in [3.8, 4) is 11.5 Å². The summed E-state index contributed by atoms with van der Waals surface area (Å²) in [6.45, 7) is 1.92. The molecule has 3 aromatic rings. The van der Waals surface area contributed by atoms with Crippen LogP contribution in [0.15, 0.2) is 47.6 Å². The van der Waals surface area contributed by atoms with E-state index >= 15 is 0 Å². The number of nitro benzene ring substituents is 1. The zero-order valence-electron chi connectivity index (χ0n) is 15.2. The summed E-state index contributed by atoms with van der Waals surface area (Å²) in [6.07, 6.45) is 1.25. The highest BCUT2D eigenvalue weighted by Crippen LogP contribution is 2.36. The van der Waals surface area contributed by atoms with Gasteiger partial charge < -0.3 is 14.4 Å². The predicted molar refractivity (Wildman–Crippen MR) is 104 cm³/mol. The number of phenols is 1. The molecule has 0 unspecified atom stereocenters. The van der Waals surface area contributed by atoms with Crippen LogP contribution in [0.3, 0.4) is 0 Å². The Labute approximate surface area is 160 Å². The van der Waals surface area contributed by atoms with Crippen molar-refractivity contribution < 1.29 is 19.6 Å². The van der Waals surface area contributed by atoms with Crippen molar-refractivity contribution in [2.45, 2.75) is 6.92 Å². The first-order valence-corrected chi connectivity index (χ1v) is 8.44. The fourth-order valence-electron chi connectivity index (χ4n) is 2.82. The van der Waals surface area contributed by atoms with E-state index in [1.807, 2.05) is 24.3 Å². The molecule has 9 nitrogen and oxygen atoms in total. The van der Waals surface area contributed by atoms with E-state index in [1.54, 1.807) is 24.6 Å². The molecule has 2 N–H and O–H groups in total. The Bertz CT molecular complexity index is 1090. The van der Waals surface area contributed by atoms with Crippen molar-refractivity contribution in [3.63, 3.8) is 0 Å². The zero-order chi connectivity index (χ0) is 20.3. The molecule has 0 saturated carbocycles. The topological polar surface area (TPSA) is 119 Å². The van der Waals surface area contributed by atoms with E-state index in [4.69, 9.17) is 4.74 Å². The van der Waals surface area contributed by atoms with Crippen LogP contribution in [0, 0.1) is 10.1 Å². The number of nitrogens with one attached hydrogen (secondary N) is 1. The lowest BCUT2D eigenvalue weighted by Crippen LogP contribution is -2.20. The van der Waals surface area contributed by atoms with Crippen molar-refractivity contribution in [3.05, 3.63) is 63.8 Å². The number of carbonyl (C=O) groups excluding carboxylic acids is 1. The largest absolute Gasteiger partial charge is 0.500 e. The molecule has 0 saturated heterocycles. The molecule has 0 aliphatic carbocycles. The summed E-state index contributed by atoms with van der Waals surface area (Å²) in [5.74, 6) is -1.00. The van der Waals surface area contributed by atoms with E-state index in [1.165, 1.54) is 12.3 Å². The van der Waals surface area contributed by atoms with Crippen molar-refractivity contribution in [2.24, 2.45) is 12.1 Å². The van der Waals surface area contributed by atoms with Crippen LogP contribution >= 0.6 is 0 Å². The summed E-state index contributed by atoms with van der Waals surface area (Å²) < 4.78 is 6.96. The van der Waals surface area contributed by atoms with Crippen LogP contribution in [0.5, 0.6) is 11.5 Å². The molecule has 2 aromatic carbocycles. The van der Waals surface area contributed by atoms with Gasteiger partial charge in [-0.15, -0.1) is 0 Å². The average molecular weight is 382 g/mol. The summed E-state index contributed by atoms with van der Waals surface area (Å²) in [5.41, 5.74) is 3.52. The lowest BCUT2D eigenvalue weighted by atomic mass is 10.2. The second kappa shape index (κ2) is 7.78. The maximum absolute atomic E-state index is 12.4. The Balaban J connectivity index is 1.82. The van der Waals surface area contributed by atoms with Gasteiger partial charge in [-0.3, -0.25) is 14.9 Å². The van der Waals surface area contributed by atoms with E-state index in [0.29, 0.717) is 11.3 Å². The third kappa shape index (κ3) is 3.63. The number of nitrogens with zero attached hydrogens (tertiary/aromatic N) is 3. The minimum Gasteiger partial charge on any atom is -0.500 e. The average Bonchev–Trinajstić information content (AvgIpc) is 3.01. The number of aromatic nitrogens is 1. The Morgan fingerprint density at radius 1 is 1.36 bits per heavy atom. The molecule has 1 aromatic heterocycles. The third-order valence-electron chi connectivity index (χ3n) is 4.14. The van der Waals surface area contributed by atoms with Crippen LogP contribution in [-0.4, -0.2) is 33.3 Å². The van der Waals surface area contributed by atoms with E-state index in [0.717, 1.165) is 17.0 Å². The number of rotatable bonds is 6. The smallest absolute Gasteiger partial charge is 0.315 e. The SMILES string of the molecule is CCOc1cc(/C=N/NC(=O)c2cc3ccccc3n2C)cc([N+](=O)[O-])c1O. The molecule has 1 amide bonds. The molecule has 28 heavy (non-hydrogen) atoms. The Morgan fingerprint density at radius 2 is 2.11 bits per heavy atom. The minimum atomic E-state index is -0.719. The number of phenolic OH excluding ortho intramolecular Hbond substituents is 1. The molecule has 0 radical (unpaired) electrons. The second-order valence-electron chi connectivity index (χ2n) is 5.92. The summed E-state index contributed by atoms with van der Waals surface area (Å²) in [7, 11) is 1.78.